The fourth-order valence-electron chi connectivity index (χ4n) is 9.76. The molecule has 0 unspecified atom stereocenters. The molecule has 0 radical (unpaired) electrons. The second-order valence-corrected chi connectivity index (χ2v) is 46.4. The molecule has 0 atom stereocenters. The second-order valence-electron chi connectivity index (χ2n) is 42.0. The summed E-state index contributed by atoms with van der Waals surface area (Å²) in [4.78, 5) is 36.0. The average molecular weight is 2100 g/mol. The molecule has 0 aliphatic carbocycles. The molecule has 0 aromatic carbocycles. The van der Waals surface area contributed by atoms with Crippen LogP contribution in [0, 0.1) is 11.8 Å². The first-order valence-corrected chi connectivity index (χ1v) is 46.4. The zero-order valence-corrected chi connectivity index (χ0v) is 89.0. The lowest BCUT2D eigenvalue weighted by Gasteiger charge is -2.19. The zero-order valence-electron chi connectivity index (χ0n) is 82.7. The molecular weight excluding hydrogens is 1970 g/mol. The van der Waals surface area contributed by atoms with Crippen LogP contribution in [-0.4, -0.2) is 44.9 Å². The van der Waals surface area contributed by atoms with Crippen molar-refractivity contribution in [3.63, 3.8) is 0 Å². The van der Waals surface area contributed by atoms with E-state index in [1.54, 1.807) is 41.9 Å². The van der Waals surface area contributed by atoms with Crippen molar-refractivity contribution in [3.05, 3.63) is 307 Å². The van der Waals surface area contributed by atoms with Gasteiger partial charge >= 0.3 is 30.9 Å². The third-order valence-corrected chi connectivity index (χ3v) is 21.6. The number of rotatable bonds is 0. The summed E-state index contributed by atoms with van der Waals surface area (Å²) < 4.78 is 211. The Morgan fingerprint density at radius 1 is 0.246 bits per heavy atom. The van der Waals surface area contributed by atoms with Gasteiger partial charge in [-0.05, 0) is 170 Å². The van der Waals surface area contributed by atoms with E-state index in [0.29, 0.717) is 22.1 Å². The van der Waals surface area contributed by atoms with E-state index in [-0.39, 0.29) is 65.4 Å². The van der Waals surface area contributed by atoms with Crippen molar-refractivity contribution in [2.75, 3.05) is 0 Å². The standard InChI is InChI=1S/3C10H12F3N.2C9H12BrN.2C9H12ClN.2C9H11F3S.2C9H12FN/c1-9(2,3)8-6-7(4-5-14-8)10(11,12)13;1-9(2,3)7-4-5-14-8(6-7)10(11,12)13;1-9(2,3)7-5-4-6-8(14-7)10(11,12)13;1-9(2,3)8-6-7(10)4-5-11-8;1-9(2,3)7-5-4-6-8(10)11-7;1-9(2,3)8-6-7(10)4-5-11-8;1-9(2,3)7-5-4-6-8(10)11-7;1-8(2,3)7-4-6(5-13-7)9(10,11)12;1-8(2,3)6-4-7(13-5-6)9(10,11)12;1-9(2,3)8-6-7(10)4-5-11-8;1-9(2,3)7-5-4-6-8(10)11-7/h3*4-6H,1-3H3;4*4-6H,1-3H3;2*4-5H,1-3H3;2*4-6H,1-3H3. The van der Waals surface area contributed by atoms with Crippen LogP contribution < -0.4 is 0 Å². The van der Waals surface area contributed by atoms with Crippen LogP contribution in [0.5, 0.6) is 0 Å². The SMILES string of the molecule is CC(C)(C)c1cc(Br)ccn1.CC(C)(C)c1cc(C(F)(F)F)ccn1.CC(C)(C)c1cc(C(F)(F)F)cs1.CC(C)(C)c1cc(Cl)ccn1.CC(C)(C)c1cc(F)ccn1.CC(C)(C)c1cccc(Br)n1.CC(C)(C)c1cccc(C(F)(F)F)n1.CC(C)(C)c1cccc(Cl)n1.CC(C)(C)c1cccc(F)n1.CC(C)(C)c1ccnc(C(F)(F)F)c1.CC(C)(C)c1csc(C(F)(F)F)c1. The lowest BCUT2D eigenvalue weighted by molar-refractivity contribution is -0.142. The molecule has 0 saturated heterocycles. The molecule has 0 amide bonds. The molecule has 9 nitrogen and oxygen atoms in total. The van der Waals surface area contributed by atoms with Gasteiger partial charge in [0.15, 0.2) is 0 Å². The van der Waals surface area contributed by atoms with Crippen LogP contribution >= 0.6 is 77.7 Å². The van der Waals surface area contributed by atoms with Gasteiger partial charge in [-0.15, -0.1) is 22.7 Å². The summed E-state index contributed by atoms with van der Waals surface area (Å²) in [6, 6.07) is 38.3. The van der Waals surface area contributed by atoms with Crippen molar-refractivity contribution in [1.29, 1.82) is 0 Å². The fraction of sp³-hybridized carbons (Fsp3) is 0.480. The van der Waals surface area contributed by atoms with Gasteiger partial charge in [-0.3, -0.25) is 24.9 Å². The van der Waals surface area contributed by atoms with Crippen LogP contribution in [0.1, 0.15) is 317 Å². The largest absolute Gasteiger partial charge is 0.433 e. The van der Waals surface area contributed by atoms with Gasteiger partial charge in [0.1, 0.15) is 31.8 Å². The van der Waals surface area contributed by atoms with Crippen LogP contribution in [0.3, 0.4) is 0 Å². The summed E-state index contributed by atoms with van der Waals surface area (Å²) in [7, 11) is 0. The molecular formula is C102H130Br2Cl2F17N9S2. The molecule has 0 aliphatic heterocycles. The highest BCUT2D eigenvalue weighted by molar-refractivity contribution is 9.10. The maximum absolute atomic E-state index is 12.7. The van der Waals surface area contributed by atoms with E-state index in [2.05, 4.69) is 166 Å². The van der Waals surface area contributed by atoms with Gasteiger partial charge in [-0.25, -0.2) is 24.3 Å². The maximum atomic E-state index is 12.7. The number of pyridine rings is 9. The molecule has 134 heavy (non-hydrogen) atoms. The smallest absolute Gasteiger partial charge is 0.261 e. The Hall–Kier alpha value is -7.90. The van der Waals surface area contributed by atoms with Gasteiger partial charge < -0.3 is 0 Å². The van der Waals surface area contributed by atoms with Gasteiger partial charge in [0.05, 0.1) is 11.1 Å². The van der Waals surface area contributed by atoms with Gasteiger partial charge in [-0.1, -0.05) is 292 Å². The van der Waals surface area contributed by atoms with Gasteiger partial charge in [0.25, 0.3) is 0 Å². The summed E-state index contributed by atoms with van der Waals surface area (Å²) in [6.07, 6.45) is -14.0. The van der Waals surface area contributed by atoms with Gasteiger partial charge in [-0.2, -0.15) is 70.2 Å². The minimum atomic E-state index is -4.36. The van der Waals surface area contributed by atoms with Crippen molar-refractivity contribution in [2.24, 2.45) is 0 Å². The van der Waals surface area contributed by atoms with E-state index in [0.717, 1.165) is 106 Å². The first-order valence-electron chi connectivity index (χ1n) is 42.3. The number of alkyl halides is 15. The molecule has 742 valence electrons. The quantitative estimate of drug-likeness (QED) is 0.108. The minimum absolute atomic E-state index is 0.0674. The van der Waals surface area contributed by atoms with Crippen LogP contribution in [0.2, 0.25) is 10.2 Å². The summed E-state index contributed by atoms with van der Waals surface area (Å²) in [6.45, 7) is 65.6. The van der Waals surface area contributed by atoms with Gasteiger partial charge in [0.2, 0.25) is 5.95 Å². The molecule has 0 bridgehead atoms. The normalized spacial score (nSPS) is 12.4. The van der Waals surface area contributed by atoms with E-state index in [9.17, 15) is 74.6 Å². The van der Waals surface area contributed by atoms with Crippen molar-refractivity contribution in [3.8, 4) is 0 Å². The predicted molar refractivity (Wildman–Crippen MR) is 523 cm³/mol. The van der Waals surface area contributed by atoms with Crippen molar-refractivity contribution >= 4 is 77.7 Å². The maximum Gasteiger partial charge on any atom is 0.433 e. The highest BCUT2D eigenvalue weighted by Crippen LogP contribution is 2.41. The highest BCUT2D eigenvalue weighted by atomic mass is 79.9. The van der Waals surface area contributed by atoms with Crippen LogP contribution in [-0.2, 0) is 90.4 Å². The van der Waals surface area contributed by atoms with Crippen LogP contribution in [0.15, 0.2) is 196 Å². The van der Waals surface area contributed by atoms with E-state index >= 15 is 0 Å². The zero-order chi connectivity index (χ0) is 104. The molecule has 11 aromatic heterocycles. The van der Waals surface area contributed by atoms with E-state index in [4.69, 9.17) is 23.2 Å². The lowest BCUT2D eigenvalue weighted by Crippen LogP contribution is -2.17. The summed E-state index contributed by atoms with van der Waals surface area (Å²) in [5.41, 5.74) is 4.23. The van der Waals surface area contributed by atoms with E-state index in [1.165, 1.54) is 60.4 Å². The number of halogens is 21. The van der Waals surface area contributed by atoms with E-state index in [1.807, 2.05) is 200 Å². The second kappa shape index (κ2) is 50.1. The Morgan fingerprint density at radius 2 is 0.575 bits per heavy atom. The topological polar surface area (TPSA) is 116 Å². The third-order valence-electron chi connectivity index (χ3n) is 17.9. The molecule has 0 spiro atoms. The Kier molecular flexibility index (Phi) is 46.4. The Morgan fingerprint density at radius 3 is 0.881 bits per heavy atom. The van der Waals surface area contributed by atoms with Crippen molar-refractivity contribution < 1.29 is 74.6 Å². The third kappa shape index (κ3) is 48.9. The van der Waals surface area contributed by atoms with Crippen molar-refractivity contribution in [1.82, 2.24) is 44.9 Å². The monoisotopic (exact) mass is 2100 g/mol. The summed E-state index contributed by atoms with van der Waals surface area (Å²) >= 11 is 20.2. The number of nitrogens with zero attached hydrogens (tertiary/aromatic N) is 9. The Bertz CT molecular complexity index is 4560. The number of aromatic nitrogens is 9. The van der Waals surface area contributed by atoms with Crippen LogP contribution in [0.25, 0.3) is 0 Å². The average Bonchev–Trinajstić information content (AvgIpc) is 1.81. The molecule has 0 aliphatic rings. The van der Waals surface area contributed by atoms with Crippen molar-refractivity contribution in [2.45, 2.75) is 319 Å². The molecule has 11 heterocycles. The van der Waals surface area contributed by atoms with Gasteiger partial charge in [0, 0.05) is 140 Å². The molecule has 0 saturated carbocycles. The van der Waals surface area contributed by atoms with E-state index < -0.39 is 64.2 Å². The Balaban J connectivity index is 0.000000738. The molecule has 11 aromatic rings. The molecule has 0 fully saturated rings. The predicted octanol–water partition coefficient (Wildman–Crippen LogP) is 35.7. The lowest BCUT2D eigenvalue weighted by atomic mass is 9.87. The first kappa shape index (κ1) is 124. The summed E-state index contributed by atoms with van der Waals surface area (Å²) in [5, 5.41) is 4.06. The fourth-order valence-corrected chi connectivity index (χ4v) is 12.8. The Labute approximate surface area is 817 Å². The summed E-state index contributed by atoms with van der Waals surface area (Å²) in [5.74, 6) is -0.623. The number of hydrogen-bond acceptors (Lipinski definition) is 11. The molecule has 0 N–H and O–H groups in total. The molecule has 11 rings (SSSR count). The molecule has 32 heteroatoms. The minimum Gasteiger partial charge on any atom is -0.261 e. The number of thiophene rings is 2. The van der Waals surface area contributed by atoms with Crippen LogP contribution in [0.4, 0.5) is 74.6 Å². The number of hydrogen-bond donors (Lipinski definition) is 0. The highest BCUT2D eigenvalue weighted by Gasteiger charge is 2.38. The first-order chi connectivity index (χ1) is 60.0.